The van der Waals surface area contributed by atoms with Crippen molar-refractivity contribution < 1.29 is 9.18 Å². The van der Waals surface area contributed by atoms with E-state index < -0.39 is 10.6 Å². The average Bonchev–Trinajstić information content (AvgIpc) is 1.96. The number of nitrogens with one attached hydrogen (secondary N) is 1. The summed E-state index contributed by atoms with van der Waals surface area (Å²) in [5.41, 5.74) is 0.145. The molecule has 0 heterocycles. The van der Waals surface area contributed by atoms with Gasteiger partial charge < -0.3 is 5.32 Å². The molecule has 1 aromatic carbocycles. The summed E-state index contributed by atoms with van der Waals surface area (Å²) in [6.45, 7) is 0. The number of anilines is 1. The Kier molecular flexibility index (Phi) is 3.22. The van der Waals surface area contributed by atoms with Crippen LogP contribution in [0, 0.1) is 5.82 Å². The quantitative estimate of drug-likeness (QED) is 0.623. The Balaban J connectivity index is 2.97. The highest BCUT2D eigenvalue weighted by Crippen LogP contribution is 2.20. The highest BCUT2D eigenvalue weighted by Gasteiger charge is 2.03. The minimum atomic E-state index is -0.473. The maximum atomic E-state index is 12.9. The smallest absolute Gasteiger partial charge is 0.291 e. The van der Waals surface area contributed by atoms with Crippen molar-refractivity contribution in [2.45, 2.75) is 0 Å². The Labute approximate surface area is 85.4 Å². The van der Waals surface area contributed by atoms with Crippen molar-refractivity contribution in [3.8, 4) is 0 Å². The van der Waals surface area contributed by atoms with E-state index >= 15 is 0 Å². The molecule has 5 heteroatoms. The van der Waals surface area contributed by atoms with E-state index in [1.165, 1.54) is 12.1 Å². The first-order valence-electron chi connectivity index (χ1n) is 3.01. The molecule has 0 fully saturated rings. The van der Waals surface area contributed by atoms with Crippen molar-refractivity contribution in [1.29, 1.82) is 0 Å². The van der Waals surface area contributed by atoms with Crippen LogP contribution in [0.2, 0.25) is 0 Å². The van der Waals surface area contributed by atoms with Crippen LogP contribution in [0.4, 0.5) is 14.9 Å². The first-order chi connectivity index (χ1) is 5.59. The first kappa shape index (κ1) is 9.67. The zero-order chi connectivity index (χ0) is 9.14. The van der Waals surface area contributed by atoms with Crippen LogP contribution in [-0.4, -0.2) is 4.82 Å². The molecule has 0 aromatic heterocycles. The van der Waals surface area contributed by atoms with E-state index in [0.29, 0.717) is 4.47 Å². The SMILES string of the molecule is O=C(Br)Nc1cc(Br)ccc1F. The van der Waals surface area contributed by atoms with Gasteiger partial charge >= 0.3 is 0 Å². The summed E-state index contributed by atoms with van der Waals surface area (Å²) in [5.74, 6) is -0.467. The number of carbonyl (C=O) groups excluding carboxylic acids is 1. The summed E-state index contributed by atoms with van der Waals surface area (Å²) >= 11 is 5.79. The Hall–Kier alpha value is -0.420. The predicted molar refractivity (Wildman–Crippen MR) is 52.0 cm³/mol. The second-order valence-electron chi connectivity index (χ2n) is 2.02. The van der Waals surface area contributed by atoms with Crippen LogP contribution in [0.25, 0.3) is 0 Å². The van der Waals surface area contributed by atoms with Crippen LogP contribution in [0.5, 0.6) is 0 Å². The molecule has 0 radical (unpaired) electrons. The third kappa shape index (κ3) is 2.57. The Morgan fingerprint density at radius 3 is 2.75 bits per heavy atom. The lowest BCUT2D eigenvalue weighted by Gasteiger charge is -2.02. The topological polar surface area (TPSA) is 29.1 Å². The van der Waals surface area contributed by atoms with Crippen LogP contribution in [0.1, 0.15) is 0 Å². The molecule has 1 amide bonds. The van der Waals surface area contributed by atoms with Gasteiger partial charge in [0.15, 0.2) is 0 Å². The summed E-state index contributed by atoms with van der Waals surface area (Å²) < 4.78 is 13.6. The number of amides is 1. The minimum absolute atomic E-state index is 0.145. The molecule has 1 rings (SSSR count). The second kappa shape index (κ2) is 4.00. The third-order valence-corrected chi connectivity index (χ3v) is 1.85. The van der Waals surface area contributed by atoms with E-state index in [0.717, 1.165) is 0 Å². The molecule has 0 atom stereocenters. The van der Waals surface area contributed by atoms with E-state index in [2.05, 4.69) is 37.2 Å². The molecule has 0 aliphatic heterocycles. The molecule has 2 nitrogen and oxygen atoms in total. The molecule has 0 spiro atoms. The number of hydrogen-bond donors (Lipinski definition) is 1. The highest BCUT2D eigenvalue weighted by molar-refractivity contribution is 9.18. The van der Waals surface area contributed by atoms with E-state index in [9.17, 15) is 9.18 Å². The van der Waals surface area contributed by atoms with Crippen molar-refractivity contribution in [2.75, 3.05) is 5.32 Å². The van der Waals surface area contributed by atoms with Gasteiger partial charge in [0.1, 0.15) is 5.82 Å². The van der Waals surface area contributed by atoms with Gasteiger partial charge in [0, 0.05) is 20.4 Å². The summed E-state index contributed by atoms with van der Waals surface area (Å²) in [6.07, 6.45) is 0. The summed E-state index contributed by atoms with van der Waals surface area (Å²) in [6, 6.07) is 4.30. The highest BCUT2D eigenvalue weighted by atomic mass is 79.9. The molecule has 0 unspecified atom stereocenters. The zero-order valence-electron chi connectivity index (χ0n) is 5.77. The Morgan fingerprint density at radius 2 is 2.17 bits per heavy atom. The lowest BCUT2D eigenvalue weighted by atomic mass is 10.3. The molecular weight excluding hydrogens is 293 g/mol. The maximum Gasteiger partial charge on any atom is 0.291 e. The van der Waals surface area contributed by atoms with Crippen LogP contribution >= 0.6 is 31.9 Å². The molecule has 0 aliphatic carbocycles. The van der Waals surface area contributed by atoms with Crippen LogP contribution in [0.3, 0.4) is 0 Å². The van der Waals surface area contributed by atoms with Gasteiger partial charge in [0.2, 0.25) is 0 Å². The summed E-state index contributed by atoms with van der Waals surface area (Å²) in [5, 5.41) is 2.29. The molecule has 12 heavy (non-hydrogen) atoms. The van der Waals surface area contributed by atoms with Crippen molar-refractivity contribution in [2.24, 2.45) is 0 Å². The maximum absolute atomic E-state index is 12.9. The monoisotopic (exact) mass is 295 g/mol. The lowest BCUT2D eigenvalue weighted by Crippen LogP contribution is -2.02. The predicted octanol–water partition coefficient (Wildman–Crippen LogP) is 3.52. The second-order valence-corrected chi connectivity index (χ2v) is 3.66. The van der Waals surface area contributed by atoms with Crippen molar-refractivity contribution in [1.82, 2.24) is 0 Å². The van der Waals surface area contributed by atoms with Gasteiger partial charge in [-0.05, 0) is 18.2 Å². The molecule has 0 bridgehead atoms. The van der Waals surface area contributed by atoms with Crippen molar-refractivity contribution in [3.05, 3.63) is 28.5 Å². The van der Waals surface area contributed by atoms with Crippen LogP contribution < -0.4 is 5.32 Å². The number of benzene rings is 1. The van der Waals surface area contributed by atoms with E-state index in [1.54, 1.807) is 6.07 Å². The summed E-state index contributed by atoms with van der Waals surface area (Å²) in [7, 11) is 0. The molecule has 64 valence electrons. The number of halogens is 3. The van der Waals surface area contributed by atoms with Crippen LogP contribution in [-0.2, 0) is 0 Å². The first-order valence-corrected chi connectivity index (χ1v) is 4.60. The normalized spacial score (nSPS) is 9.58. The summed E-state index contributed by atoms with van der Waals surface area (Å²) in [4.78, 5) is 10.0. The van der Waals surface area contributed by atoms with Gasteiger partial charge in [0.25, 0.3) is 4.82 Å². The van der Waals surface area contributed by atoms with Crippen molar-refractivity contribution in [3.63, 3.8) is 0 Å². The molecule has 1 aromatic rings. The number of hydrogen-bond acceptors (Lipinski definition) is 1. The number of carbonyl (C=O) groups is 1. The molecule has 1 N–H and O–H groups in total. The fourth-order valence-electron chi connectivity index (χ4n) is 0.699. The van der Waals surface area contributed by atoms with E-state index in [-0.39, 0.29) is 5.69 Å². The van der Waals surface area contributed by atoms with Gasteiger partial charge in [-0.2, -0.15) is 0 Å². The fraction of sp³-hybridized carbons (Fsp3) is 0. The van der Waals surface area contributed by atoms with Gasteiger partial charge in [-0.3, -0.25) is 4.79 Å². The van der Waals surface area contributed by atoms with Gasteiger partial charge in [0.05, 0.1) is 5.69 Å². The minimum Gasteiger partial charge on any atom is -0.314 e. The van der Waals surface area contributed by atoms with E-state index in [4.69, 9.17) is 0 Å². The fourth-order valence-corrected chi connectivity index (χ4v) is 1.27. The molecule has 0 aliphatic rings. The van der Waals surface area contributed by atoms with Crippen LogP contribution in [0.15, 0.2) is 22.7 Å². The molecule has 0 saturated carbocycles. The largest absolute Gasteiger partial charge is 0.314 e. The number of rotatable bonds is 1. The lowest BCUT2D eigenvalue weighted by molar-refractivity contribution is 0.270. The standard InChI is InChI=1S/C7H4Br2FNO/c8-4-1-2-5(10)6(3-4)11-7(9)12/h1-3H,(H,11,12). The Bertz CT molecular complexity index is 316. The average molecular weight is 297 g/mol. The van der Waals surface area contributed by atoms with Gasteiger partial charge in [-0.15, -0.1) is 0 Å². The molecule has 0 saturated heterocycles. The van der Waals surface area contributed by atoms with E-state index in [1.807, 2.05) is 0 Å². The van der Waals surface area contributed by atoms with Crippen molar-refractivity contribution >= 4 is 42.4 Å². The van der Waals surface area contributed by atoms with Gasteiger partial charge in [-0.1, -0.05) is 15.9 Å². The molecular formula is C7H4Br2FNO. The van der Waals surface area contributed by atoms with Gasteiger partial charge in [-0.25, -0.2) is 4.39 Å². The zero-order valence-corrected chi connectivity index (χ0v) is 8.95. The Morgan fingerprint density at radius 1 is 1.50 bits per heavy atom. The third-order valence-electron chi connectivity index (χ3n) is 1.16.